The summed E-state index contributed by atoms with van der Waals surface area (Å²) in [6.07, 6.45) is 2.92. The minimum atomic E-state index is -3.70. The fourth-order valence-corrected chi connectivity index (χ4v) is 4.18. The number of carbonyl (C=O) groups is 1. The van der Waals surface area contributed by atoms with Crippen molar-refractivity contribution >= 4 is 15.9 Å². The highest BCUT2D eigenvalue weighted by atomic mass is 32.2. The molecule has 1 amide bonds. The summed E-state index contributed by atoms with van der Waals surface area (Å²) in [4.78, 5) is 14.3. The lowest BCUT2D eigenvalue weighted by molar-refractivity contribution is -0.129. The Morgan fingerprint density at radius 3 is 2.48 bits per heavy atom. The van der Waals surface area contributed by atoms with E-state index in [4.69, 9.17) is 9.88 Å². The summed E-state index contributed by atoms with van der Waals surface area (Å²) in [6.45, 7) is 2.51. The highest BCUT2D eigenvalue weighted by molar-refractivity contribution is 7.89. The van der Waals surface area contributed by atoms with Gasteiger partial charge in [-0.15, -0.1) is 0 Å². The monoisotopic (exact) mass is 449 g/mol. The van der Waals surface area contributed by atoms with Crippen molar-refractivity contribution in [3.8, 4) is 5.75 Å². The number of hydrogen-bond acceptors (Lipinski definition) is 5. The first-order valence-electron chi connectivity index (χ1n) is 10.3. The molecule has 0 bridgehead atoms. The molecule has 31 heavy (non-hydrogen) atoms. The number of carbonyl (C=O) groups excluding carboxylic acids is 1. The van der Waals surface area contributed by atoms with Crippen LogP contribution < -0.4 is 15.2 Å². The maximum absolute atomic E-state index is 12.9. The zero-order valence-electron chi connectivity index (χ0n) is 17.3. The van der Waals surface area contributed by atoms with Gasteiger partial charge < -0.3 is 15.0 Å². The number of halogens is 1. The summed E-state index contributed by atoms with van der Waals surface area (Å²) in [5, 5.41) is 8.44. The lowest BCUT2D eigenvalue weighted by Gasteiger charge is -2.25. The predicted octanol–water partition coefficient (Wildman–Crippen LogP) is 2.07. The molecule has 1 atom stereocenters. The second-order valence-corrected chi connectivity index (χ2v) is 9.12. The summed E-state index contributed by atoms with van der Waals surface area (Å²) in [5.74, 6) is 0.500. The number of hydrogen-bond donors (Lipinski definition) is 2. The third kappa shape index (κ3) is 7.02. The van der Waals surface area contributed by atoms with Gasteiger partial charge in [0.15, 0.2) is 0 Å². The highest BCUT2D eigenvalue weighted by Crippen LogP contribution is 2.22. The van der Waals surface area contributed by atoms with E-state index in [1.807, 2.05) is 4.90 Å². The largest absolute Gasteiger partial charge is 0.492 e. The van der Waals surface area contributed by atoms with Gasteiger partial charge in [0.05, 0.1) is 4.90 Å². The Hall–Kier alpha value is -2.49. The number of nitrogens with zero attached hydrogens (tertiary/aromatic N) is 1. The maximum Gasteiger partial charge on any atom is 0.238 e. The van der Waals surface area contributed by atoms with E-state index in [0.717, 1.165) is 24.9 Å². The van der Waals surface area contributed by atoms with Crippen molar-refractivity contribution in [1.29, 1.82) is 0 Å². The van der Waals surface area contributed by atoms with Crippen LogP contribution in [0.5, 0.6) is 5.75 Å². The van der Waals surface area contributed by atoms with Crippen LogP contribution in [0.15, 0.2) is 53.4 Å². The van der Waals surface area contributed by atoms with Crippen LogP contribution in [0.2, 0.25) is 0 Å². The molecule has 0 spiro atoms. The summed E-state index contributed by atoms with van der Waals surface area (Å²) in [5.41, 5.74) is 0.960. The molecule has 9 heteroatoms. The molecule has 2 aromatic rings. The lowest BCUT2D eigenvalue weighted by Crippen LogP contribution is -2.37. The topological polar surface area (TPSA) is 102 Å². The second-order valence-electron chi connectivity index (χ2n) is 7.56. The van der Waals surface area contributed by atoms with E-state index in [-0.39, 0.29) is 22.7 Å². The van der Waals surface area contributed by atoms with Crippen LogP contribution in [0.4, 0.5) is 4.39 Å². The molecule has 0 aromatic heterocycles. The average Bonchev–Trinajstić information content (AvgIpc) is 3.09. The van der Waals surface area contributed by atoms with E-state index in [0.29, 0.717) is 38.3 Å². The summed E-state index contributed by atoms with van der Waals surface area (Å²) >= 11 is 0. The molecule has 3 rings (SSSR count). The number of likely N-dealkylation sites (tertiary alicyclic amines) is 1. The molecule has 1 saturated heterocycles. The Balaban J connectivity index is 1.38. The van der Waals surface area contributed by atoms with Gasteiger partial charge in [0.2, 0.25) is 15.9 Å². The zero-order chi connectivity index (χ0) is 22.3. The molecule has 1 heterocycles. The van der Waals surface area contributed by atoms with Gasteiger partial charge >= 0.3 is 0 Å². The molecule has 0 saturated carbocycles. The standard InChI is InChI=1S/C22H28FN3O4S/c23-18-3-6-20(7-4-18)30-16-14-25-13-11-19-5-10-22(27)26(19)15-12-17-1-8-21(9-2-17)31(24,28)29/h1-4,6-9,19,25H,5,10-16H2,(H2,24,28,29). The third-order valence-electron chi connectivity index (χ3n) is 5.36. The van der Waals surface area contributed by atoms with Crippen LogP contribution in [-0.4, -0.2) is 51.5 Å². The number of benzene rings is 2. The van der Waals surface area contributed by atoms with Crippen molar-refractivity contribution in [2.24, 2.45) is 5.14 Å². The molecule has 168 valence electrons. The summed E-state index contributed by atoms with van der Waals surface area (Å²) < 4.78 is 41.1. The van der Waals surface area contributed by atoms with Crippen LogP contribution in [-0.2, 0) is 21.2 Å². The van der Waals surface area contributed by atoms with Crippen molar-refractivity contribution < 1.29 is 22.3 Å². The van der Waals surface area contributed by atoms with Crippen molar-refractivity contribution in [3.05, 3.63) is 59.9 Å². The van der Waals surface area contributed by atoms with Gasteiger partial charge in [-0.1, -0.05) is 12.1 Å². The third-order valence-corrected chi connectivity index (χ3v) is 6.29. The smallest absolute Gasteiger partial charge is 0.238 e. The molecule has 7 nitrogen and oxygen atoms in total. The normalized spacial score (nSPS) is 16.6. The molecule has 1 unspecified atom stereocenters. The number of rotatable bonds is 11. The Bertz CT molecular complexity index is 965. The van der Waals surface area contributed by atoms with Crippen molar-refractivity contribution in [1.82, 2.24) is 10.2 Å². The fourth-order valence-electron chi connectivity index (χ4n) is 3.66. The van der Waals surface area contributed by atoms with Crippen LogP contribution in [0.25, 0.3) is 0 Å². The van der Waals surface area contributed by atoms with Crippen molar-refractivity contribution in [2.45, 2.75) is 36.6 Å². The van der Waals surface area contributed by atoms with E-state index >= 15 is 0 Å². The average molecular weight is 450 g/mol. The van der Waals surface area contributed by atoms with Crippen molar-refractivity contribution in [3.63, 3.8) is 0 Å². The predicted molar refractivity (Wildman–Crippen MR) is 116 cm³/mol. The van der Waals surface area contributed by atoms with Gasteiger partial charge in [0, 0.05) is 25.6 Å². The van der Waals surface area contributed by atoms with Gasteiger partial charge in [-0.05, 0) is 67.8 Å². The van der Waals surface area contributed by atoms with Gasteiger partial charge in [0.25, 0.3) is 0 Å². The first-order valence-corrected chi connectivity index (χ1v) is 11.9. The van der Waals surface area contributed by atoms with Crippen molar-refractivity contribution in [2.75, 3.05) is 26.2 Å². The first-order chi connectivity index (χ1) is 14.8. The number of sulfonamides is 1. The minimum Gasteiger partial charge on any atom is -0.492 e. The summed E-state index contributed by atoms with van der Waals surface area (Å²) in [6, 6.07) is 12.6. The van der Waals surface area contributed by atoms with E-state index in [1.165, 1.54) is 24.3 Å². The van der Waals surface area contributed by atoms with Gasteiger partial charge in [-0.25, -0.2) is 17.9 Å². The Labute approximate surface area is 182 Å². The first kappa shape index (κ1) is 23.2. The van der Waals surface area contributed by atoms with Crippen LogP contribution in [0, 0.1) is 5.82 Å². The molecule has 1 aliphatic heterocycles. The van der Waals surface area contributed by atoms with Gasteiger partial charge in [-0.2, -0.15) is 0 Å². The lowest BCUT2D eigenvalue weighted by atomic mass is 10.1. The highest BCUT2D eigenvalue weighted by Gasteiger charge is 2.29. The van der Waals surface area contributed by atoms with Crippen LogP contribution in [0.1, 0.15) is 24.8 Å². The molecular formula is C22H28FN3O4S. The maximum atomic E-state index is 12.9. The van der Waals surface area contributed by atoms with E-state index in [1.54, 1.807) is 24.3 Å². The minimum absolute atomic E-state index is 0.0841. The Morgan fingerprint density at radius 2 is 1.81 bits per heavy atom. The van der Waals surface area contributed by atoms with Crippen LogP contribution >= 0.6 is 0 Å². The molecular weight excluding hydrogens is 421 g/mol. The van der Waals surface area contributed by atoms with Crippen LogP contribution in [0.3, 0.4) is 0 Å². The van der Waals surface area contributed by atoms with E-state index in [9.17, 15) is 17.6 Å². The molecule has 1 fully saturated rings. The van der Waals surface area contributed by atoms with E-state index in [2.05, 4.69) is 5.32 Å². The Kier molecular flexibility index (Phi) is 8.00. The summed E-state index contributed by atoms with van der Waals surface area (Å²) in [7, 11) is -3.70. The molecule has 2 aromatic carbocycles. The SMILES string of the molecule is NS(=O)(=O)c1ccc(CCN2C(=O)CCC2CCNCCOc2ccc(F)cc2)cc1. The number of nitrogens with one attached hydrogen (secondary N) is 1. The molecule has 0 radical (unpaired) electrons. The number of nitrogens with two attached hydrogens (primary N) is 1. The Morgan fingerprint density at radius 1 is 1.10 bits per heavy atom. The molecule has 1 aliphatic rings. The number of primary sulfonamides is 1. The zero-order valence-corrected chi connectivity index (χ0v) is 18.1. The van der Waals surface area contributed by atoms with Gasteiger partial charge in [0.1, 0.15) is 18.2 Å². The van der Waals surface area contributed by atoms with E-state index < -0.39 is 10.0 Å². The second kappa shape index (κ2) is 10.7. The number of ether oxygens (including phenoxy) is 1. The van der Waals surface area contributed by atoms with Gasteiger partial charge in [-0.3, -0.25) is 4.79 Å². The molecule has 3 N–H and O–H groups in total. The fraction of sp³-hybridized carbons (Fsp3) is 0.409. The molecule has 0 aliphatic carbocycles. The number of amides is 1. The quantitative estimate of drug-likeness (QED) is 0.512.